The van der Waals surface area contributed by atoms with E-state index in [4.69, 9.17) is 23.7 Å². The Morgan fingerprint density at radius 3 is 2.19 bits per heavy atom. The Kier molecular flexibility index (Phi) is 11.5. The quantitative estimate of drug-likeness (QED) is 0.442. The maximum Gasteiger partial charge on any atom is 0.416 e. The Bertz CT molecular complexity index is 1220. The molecule has 2 aliphatic heterocycles. The summed E-state index contributed by atoms with van der Waals surface area (Å²) in [6, 6.07) is 7.15. The van der Waals surface area contributed by atoms with E-state index in [1.165, 1.54) is 14.2 Å². The number of fused-ring (bicyclic) bond motifs is 5. The van der Waals surface area contributed by atoms with Crippen molar-refractivity contribution < 1.29 is 46.4 Å². The van der Waals surface area contributed by atoms with Gasteiger partial charge in [0.2, 0.25) is 5.75 Å². The molecule has 0 radical (unpaired) electrons. The van der Waals surface area contributed by atoms with Gasteiger partial charge in [-0.3, -0.25) is 0 Å². The van der Waals surface area contributed by atoms with Gasteiger partial charge >= 0.3 is 18.1 Å². The molecule has 0 spiro atoms. The number of nitrogens with zero attached hydrogens (tertiary/aromatic N) is 2. The summed E-state index contributed by atoms with van der Waals surface area (Å²) >= 11 is 0. The number of hydrogen-bond acceptors (Lipinski definition) is 9. The molecule has 9 nitrogen and oxygen atoms in total. The van der Waals surface area contributed by atoms with Gasteiger partial charge in [0.1, 0.15) is 6.10 Å². The molecule has 2 heterocycles. The van der Waals surface area contributed by atoms with Gasteiger partial charge in [-0.05, 0) is 81.6 Å². The van der Waals surface area contributed by atoms with E-state index >= 15 is 0 Å². The zero-order valence-electron chi connectivity index (χ0n) is 24.6. The Balaban J connectivity index is 1.50. The van der Waals surface area contributed by atoms with Gasteiger partial charge in [-0.2, -0.15) is 13.2 Å². The molecule has 236 valence electrons. The topological polar surface area (TPSA) is 86.8 Å². The predicted molar refractivity (Wildman–Crippen MR) is 152 cm³/mol. The second kappa shape index (κ2) is 15.3. The van der Waals surface area contributed by atoms with E-state index in [1.54, 1.807) is 12.1 Å². The average molecular weight is 609 g/mol. The van der Waals surface area contributed by atoms with Crippen molar-refractivity contribution in [2.45, 2.75) is 44.4 Å². The molecule has 3 atom stereocenters. The van der Waals surface area contributed by atoms with Gasteiger partial charge in [-0.1, -0.05) is 0 Å². The Morgan fingerprint density at radius 1 is 0.837 bits per heavy atom. The van der Waals surface area contributed by atoms with Gasteiger partial charge in [0.05, 0.1) is 44.1 Å². The second-order valence-corrected chi connectivity index (χ2v) is 10.6. The maximum atomic E-state index is 13.0. The summed E-state index contributed by atoms with van der Waals surface area (Å²) in [5.74, 6) is -0.172. The van der Waals surface area contributed by atoms with Crippen LogP contribution >= 0.6 is 0 Å². The zero-order valence-corrected chi connectivity index (χ0v) is 24.6. The van der Waals surface area contributed by atoms with Crippen molar-refractivity contribution in [2.75, 3.05) is 66.7 Å². The largest absolute Gasteiger partial charge is 0.493 e. The summed E-state index contributed by atoms with van der Waals surface area (Å²) in [5.41, 5.74) is -0.488. The molecule has 43 heavy (non-hydrogen) atoms. The molecule has 4 bridgehead atoms. The molecular weight excluding hydrogens is 569 g/mol. The fourth-order valence-electron chi connectivity index (χ4n) is 5.26. The highest BCUT2D eigenvalue weighted by molar-refractivity contribution is 5.91. The minimum atomic E-state index is -4.49. The van der Waals surface area contributed by atoms with Crippen molar-refractivity contribution in [3.05, 3.63) is 53.1 Å². The van der Waals surface area contributed by atoms with E-state index < -0.39 is 29.8 Å². The van der Waals surface area contributed by atoms with E-state index in [2.05, 4.69) is 9.80 Å². The lowest BCUT2D eigenvalue weighted by Gasteiger charge is -2.24. The first-order valence-corrected chi connectivity index (χ1v) is 14.6. The molecule has 1 saturated heterocycles. The normalized spacial score (nSPS) is 22.5. The number of cyclic esters (lactones) is 1. The Morgan fingerprint density at radius 2 is 1.51 bits per heavy atom. The number of methoxy groups -OCH3 is 2. The van der Waals surface area contributed by atoms with Gasteiger partial charge in [0, 0.05) is 26.2 Å². The molecule has 2 aliphatic rings. The first-order valence-electron chi connectivity index (χ1n) is 14.6. The molecule has 1 fully saturated rings. The Labute approximate surface area is 249 Å². The van der Waals surface area contributed by atoms with Crippen molar-refractivity contribution >= 4 is 11.9 Å². The molecule has 2 aromatic carbocycles. The number of carbonyl (C=O) groups is 2. The molecule has 12 heteroatoms. The van der Waals surface area contributed by atoms with E-state index in [0.717, 1.165) is 63.4 Å². The van der Waals surface area contributed by atoms with Crippen LogP contribution in [-0.4, -0.2) is 94.5 Å². The van der Waals surface area contributed by atoms with Crippen LogP contribution in [0.1, 0.15) is 58.4 Å². The third-order valence-corrected chi connectivity index (χ3v) is 7.63. The van der Waals surface area contributed by atoms with Crippen LogP contribution in [0.4, 0.5) is 13.2 Å². The summed E-state index contributed by atoms with van der Waals surface area (Å²) < 4.78 is 67.2. The third-order valence-electron chi connectivity index (χ3n) is 7.63. The minimum absolute atomic E-state index is 0.0609. The van der Waals surface area contributed by atoms with Crippen LogP contribution in [0.25, 0.3) is 0 Å². The predicted octanol–water partition coefficient (Wildman–Crippen LogP) is 5.07. The summed E-state index contributed by atoms with van der Waals surface area (Å²) in [5, 5.41) is 0. The highest BCUT2D eigenvalue weighted by Crippen LogP contribution is 2.39. The molecule has 0 aromatic heterocycles. The number of esters is 2. The second-order valence-electron chi connectivity index (χ2n) is 10.6. The van der Waals surface area contributed by atoms with E-state index in [9.17, 15) is 22.8 Å². The van der Waals surface area contributed by atoms with E-state index in [0.29, 0.717) is 49.5 Å². The highest BCUT2D eigenvalue weighted by atomic mass is 19.4. The van der Waals surface area contributed by atoms with Gasteiger partial charge < -0.3 is 33.5 Å². The monoisotopic (exact) mass is 608 g/mol. The average Bonchev–Trinajstić information content (AvgIpc) is 3.23. The smallest absolute Gasteiger partial charge is 0.416 e. The van der Waals surface area contributed by atoms with Crippen LogP contribution in [0.3, 0.4) is 0 Å². The van der Waals surface area contributed by atoms with Crippen LogP contribution in [-0.2, 0) is 15.7 Å². The highest BCUT2D eigenvalue weighted by Gasteiger charge is 2.30. The standard InChI is InChI=1S/C31H39F3N2O7/c1-39-26-20-23-21-27(28(26)40-2)41-18-3-6-25(43-30(38)22-7-9-24(10-8-22)31(32,33)34)11-15-36-13-4-12-35(16-17-36)14-5-19-42-29(23)37/h7-10,20-21,25H,3-6,11-19H2,1-2H3. The lowest BCUT2D eigenvalue weighted by Crippen LogP contribution is -2.34. The van der Waals surface area contributed by atoms with Crippen molar-refractivity contribution in [1.82, 2.24) is 9.80 Å². The SMILES string of the molecule is COc1cc2cc(c1OC)OCCCC(OC(=O)c1ccc(C(F)(F)F)cc1)CCN1CCCN(CCCOC2=O)CC1. The summed E-state index contributed by atoms with van der Waals surface area (Å²) in [7, 11) is 2.94. The fourth-order valence-corrected chi connectivity index (χ4v) is 5.26. The minimum Gasteiger partial charge on any atom is -0.493 e. The molecular formula is C31H39F3N2O7. The zero-order chi connectivity index (χ0) is 30.8. The first kappa shape index (κ1) is 32.4. The number of carbonyl (C=O) groups excluding carboxylic acids is 2. The molecule has 0 aliphatic carbocycles. The lowest BCUT2D eigenvalue weighted by molar-refractivity contribution is -0.137. The molecule has 0 N–H and O–H groups in total. The van der Waals surface area contributed by atoms with Crippen molar-refractivity contribution in [3.8, 4) is 17.2 Å². The van der Waals surface area contributed by atoms with Gasteiger partial charge in [-0.15, -0.1) is 0 Å². The van der Waals surface area contributed by atoms with E-state index in [1.807, 2.05) is 0 Å². The number of ether oxygens (including phenoxy) is 5. The van der Waals surface area contributed by atoms with Crippen molar-refractivity contribution in [3.63, 3.8) is 0 Å². The van der Waals surface area contributed by atoms with Crippen LogP contribution in [0.2, 0.25) is 0 Å². The van der Waals surface area contributed by atoms with E-state index in [-0.39, 0.29) is 24.3 Å². The van der Waals surface area contributed by atoms with Crippen LogP contribution < -0.4 is 14.2 Å². The van der Waals surface area contributed by atoms with Crippen molar-refractivity contribution in [1.29, 1.82) is 0 Å². The molecule has 4 rings (SSSR count). The van der Waals surface area contributed by atoms with Crippen LogP contribution in [0, 0.1) is 0 Å². The first-order chi connectivity index (χ1) is 20.7. The molecule has 0 amide bonds. The fraction of sp³-hybridized carbons (Fsp3) is 0.548. The number of rotatable bonds is 4. The summed E-state index contributed by atoms with van der Waals surface area (Å²) in [6.07, 6.45) is -1.74. The molecule has 2 aromatic rings. The number of alkyl halides is 3. The number of benzene rings is 2. The number of hydrogen-bond donors (Lipinski definition) is 0. The van der Waals surface area contributed by atoms with Gasteiger partial charge in [0.15, 0.2) is 11.5 Å². The third kappa shape index (κ3) is 9.24. The maximum absolute atomic E-state index is 13.0. The van der Waals surface area contributed by atoms with Gasteiger partial charge in [0.25, 0.3) is 0 Å². The lowest BCUT2D eigenvalue weighted by atomic mass is 10.1. The summed E-state index contributed by atoms with van der Waals surface area (Å²) in [6.45, 7) is 5.60. The van der Waals surface area contributed by atoms with Gasteiger partial charge in [-0.25, -0.2) is 9.59 Å². The number of halogens is 3. The summed E-state index contributed by atoms with van der Waals surface area (Å²) in [4.78, 5) is 30.4. The van der Waals surface area contributed by atoms with Crippen molar-refractivity contribution in [2.24, 2.45) is 0 Å². The van der Waals surface area contributed by atoms with Crippen LogP contribution in [0.5, 0.6) is 17.2 Å². The van der Waals surface area contributed by atoms with Crippen LogP contribution in [0.15, 0.2) is 36.4 Å². The molecule has 0 saturated carbocycles. The molecule has 3 unspecified atom stereocenters. The Hall–Kier alpha value is -3.51.